The molecule has 0 bridgehead atoms. The van der Waals surface area contributed by atoms with Crippen molar-refractivity contribution in [3.63, 3.8) is 0 Å². The van der Waals surface area contributed by atoms with Crippen LogP contribution in [-0.2, 0) is 11.2 Å². The minimum atomic E-state index is -1.02. The predicted molar refractivity (Wildman–Crippen MR) is 50.6 cm³/mol. The number of aliphatic carboxylic acids is 1. The summed E-state index contributed by atoms with van der Waals surface area (Å²) in [6, 6.07) is 2.51. The molecule has 0 heterocycles. The molecular weight excluding hydrogens is 203 g/mol. The van der Waals surface area contributed by atoms with Crippen LogP contribution < -0.4 is 4.74 Å². The Kier molecular flexibility index (Phi) is 3.49. The van der Waals surface area contributed by atoms with Crippen molar-refractivity contribution in [1.82, 2.24) is 0 Å². The summed E-state index contributed by atoms with van der Waals surface area (Å²) >= 11 is 0. The van der Waals surface area contributed by atoms with Crippen LogP contribution in [0.4, 0.5) is 4.39 Å². The molecule has 82 valence electrons. The third-order valence-corrected chi connectivity index (χ3v) is 1.95. The normalized spacial score (nSPS) is 10.0. The summed E-state index contributed by atoms with van der Waals surface area (Å²) in [6.07, 6.45) is -0.171. The number of methoxy groups -OCH3 is 1. The van der Waals surface area contributed by atoms with Gasteiger partial charge in [-0.05, 0) is 18.1 Å². The molecule has 4 nitrogen and oxygen atoms in total. The number of hydrogen-bond donors (Lipinski definition) is 2. The van der Waals surface area contributed by atoms with E-state index in [2.05, 4.69) is 0 Å². The number of halogens is 1. The summed E-state index contributed by atoms with van der Waals surface area (Å²) < 4.78 is 18.1. The minimum absolute atomic E-state index is 0.0198. The van der Waals surface area contributed by atoms with Gasteiger partial charge in [0.1, 0.15) is 5.75 Å². The molecule has 5 heteroatoms. The summed E-state index contributed by atoms with van der Waals surface area (Å²) in [5, 5.41) is 17.6. The summed E-state index contributed by atoms with van der Waals surface area (Å²) in [4.78, 5) is 10.3. The zero-order valence-electron chi connectivity index (χ0n) is 8.16. The molecule has 0 aromatic heterocycles. The van der Waals surface area contributed by atoms with E-state index < -0.39 is 17.5 Å². The number of benzene rings is 1. The average Bonchev–Trinajstić information content (AvgIpc) is 2.19. The summed E-state index contributed by atoms with van der Waals surface area (Å²) in [5.41, 5.74) is 0.134. The maximum Gasteiger partial charge on any atom is 0.303 e. The van der Waals surface area contributed by atoms with Crippen molar-refractivity contribution in [1.29, 1.82) is 0 Å². The Labute approximate surface area is 85.9 Å². The second-order valence-electron chi connectivity index (χ2n) is 3.01. The molecule has 0 saturated carbocycles. The van der Waals surface area contributed by atoms with E-state index in [0.29, 0.717) is 5.75 Å². The highest BCUT2D eigenvalue weighted by Crippen LogP contribution is 2.26. The van der Waals surface area contributed by atoms with Crippen molar-refractivity contribution < 1.29 is 24.1 Å². The van der Waals surface area contributed by atoms with Gasteiger partial charge in [-0.1, -0.05) is 0 Å². The number of ether oxygens (including phenoxy) is 1. The minimum Gasteiger partial charge on any atom is -0.505 e. The summed E-state index contributed by atoms with van der Waals surface area (Å²) in [6.45, 7) is 0. The van der Waals surface area contributed by atoms with Crippen LogP contribution in [0, 0.1) is 5.82 Å². The summed E-state index contributed by atoms with van der Waals surface area (Å²) in [7, 11) is 1.38. The summed E-state index contributed by atoms with van der Waals surface area (Å²) in [5.74, 6) is -2.04. The number of carbonyl (C=O) groups is 1. The molecule has 1 aromatic rings. The van der Waals surface area contributed by atoms with Gasteiger partial charge in [0.15, 0.2) is 11.6 Å². The molecule has 0 aliphatic rings. The van der Waals surface area contributed by atoms with Crippen LogP contribution in [0.15, 0.2) is 12.1 Å². The van der Waals surface area contributed by atoms with Crippen LogP contribution in [0.25, 0.3) is 0 Å². The van der Waals surface area contributed by atoms with Crippen LogP contribution in [0.3, 0.4) is 0 Å². The molecule has 0 saturated heterocycles. The number of rotatable bonds is 4. The third-order valence-electron chi connectivity index (χ3n) is 1.95. The fraction of sp³-hybridized carbons (Fsp3) is 0.300. The highest BCUT2D eigenvalue weighted by molar-refractivity contribution is 5.67. The largest absolute Gasteiger partial charge is 0.505 e. The van der Waals surface area contributed by atoms with Gasteiger partial charge in [0.05, 0.1) is 7.11 Å². The van der Waals surface area contributed by atoms with Crippen LogP contribution >= 0.6 is 0 Å². The van der Waals surface area contributed by atoms with E-state index in [1.54, 1.807) is 0 Å². The van der Waals surface area contributed by atoms with Gasteiger partial charge in [-0.2, -0.15) is 0 Å². The molecule has 0 unspecified atom stereocenters. The van der Waals surface area contributed by atoms with Crippen molar-refractivity contribution >= 4 is 5.97 Å². The Morgan fingerprint density at radius 2 is 2.20 bits per heavy atom. The van der Waals surface area contributed by atoms with E-state index in [0.717, 1.165) is 6.07 Å². The lowest BCUT2D eigenvalue weighted by Gasteiger charge is -2.06. The van der Waals surface area contributed by atoms with Crippen LogP contribution in [0.5, 0.6) is 11.5 Å². The Morgan fingerprint density at radius 3 is 2.73 bits per heavy atom. The first-order valence-corrected chi connectivity index (χ1v) is 4.31. The van der Waals surface area contributed by atoms with E-state index in [1.165, 1.54) is 13.2 Å². The highest BCUT2D eigenvalue weighted by Gasteiger charge is 2.11. The van der Waals surface area contributed by atoms with Crippen molar-refractivity contribution in [2.75, 3.05) is 7.11 Å². The van der Waals surface area contributed by atoms with E-state index in [4.69, 9.17) is 9.84 Å². The van der Waals surface area contributed by atoms with Gasteiger partial charge < -0.3 is 14.9 Å². The Hall–Kier alpha value is -1.78. The van der Waals surface area contributed by atoms with Gasteiger partial charge in [-0.25, -0.2) is 4.39 Å². The molecule has 0 fully saturated rings. The van der Waals surface area contributed by atoms with Gasteiger partial charge >= 0.3 is 5.97 Å². The lowest BCUT2D eigenvalue weighted by atomic mass is 10.1. The van der Waals surface area contributed by atoms with Crippen molar-refractivity contribution in [3.05, 3.63) is 23.5 Å². The Morgan fingerprint density at radius 1 is 1.53 bits per heavy atom. The number of phenolic OH excluding ortho intramolecular Hbond substituents is 1. The number of carboxylic acids is 1. The molecule has 0 aliphatic heterocycles. The zero-order chi connectivity index (χ0) is 11.4. The van der Waals surface area contributed by atoms with Crippen molar-refractivity contribution in [2.45, 2.75) is 12.8 Å². The number of aromatic hydroxyl groups is 1. The molecule has 1 rings (SSSR count). The maximum absolute atomic E-state index is 13.3. The van der Waals surface area contributed by atoms with E-state index in [1.807, 2.05) is 0 Å². The lowest BCUT2D eigenvalue weighted by Crippen LogP contribution is -2.00. The van der Waals surface area contributed by atoms with Gasteiger partial charge in [0.25, 0.3) is 0 Å². The first kappa shape index (κ1) is 11.3. The molecule has 0 spiro atoms. The van der Waals surface area contributed by atoms with Crippen LogP contribution in [0.1, 0.15) is 12.0 Å². The van der Waals surface area contributed by atoms with Gasteiger partial charge in [0.2, 0.25) is 0 Å². The monoisotopic (exact) mass is 214 g/mol. The quantitative estimate of drug-likeness (QED) is 0.798. The zero-order valence-corrected chi connectivity index (χ0v) is 8.16. The standard InChI is InChI=1S/C10H11FO4/c1-15-7-4-6(2-3-9(13)14)10(11)8(12)5-7/h4-5,12H,2-3H2,1H3,(H,13,14). The highest BCUT2D eigenvalue weighted by atomic mass is 19.1. The predicted octanol–water partition coefficient (Wildman–Crippen LogP) is 1.56. The SMILES string of the molecule is COc1cc(O)c(F)c(CCC(=O)O)c1. The first-order chi connectivity index (χ1) is 7.04. The van der Waals surface area contributed by atoms with E-state index in [-0.39, 0.29) is 18.4 Å². The van der Waals surface area contributed by atoms with Gasteiger partial charge in [-0.15, -0.1) is 0 Å². The molecule has 1 aromatic carbocycles. The number of phenols is 1. The van der Waals surface area contributed by atoms with Crippen LogP contribution in [0.2, 0.25) is 0 Å². The fourth-order valence-corrected chi connectivity index (χ4v) is 1.18. The second-order valence-corrected chi connectivity index (χ2v) is 3.01. The molecule has 0 aliphatic carbocycles. The first-order valence-electron chi connectivity index (χ1n) is 4.31. The van der Waals surface area contributed by atoms with E-state index in [9.17, 15) is 14.3 Å². The van der Waals surface area contributed by atoms with Crippen molar-refractivity contribution in [2.24, 2.45) is 0 Å². The third kappa shape index (κ3) is 2.83. The van der Waals surface area contributed by atoms with Gasteiger partial charge in [-0.3, -0.25) is 4.79 Å². The molecule has 2 N–H and O–H groups in total. The van der Waals surface area contributed by atoms with Gasteiger partial charge in [0, 0.05) is 12.5 Å². The fourth-order valence-electron chi connectivity index (χ4n) is 1.18. The van der Waals surface area contributed by atoms with E-state index >= 15 is 0 Å². The lowest BCUT2D eigenvalue weighted by molar-refractivity contribution is -0.136. The Balaban J connectivity index is 2.94. The number of hydrogen-bond acceptors (Lipinski definition) is 3. The molecular formula is C10H11FO4. The molecule has 0 atom stereocenters. The van der Waals surface area contributed by atoms with Crippen molar-refractivity contribution in [3.8, 4) is 11.5 Å². The topological polar surface area (TPSA) is 66.8 Å². The second kappa shape index (κ2) is 4.63. The Bertz CT molecular complexity index is 376. The van der Waals surface area contributed by atoms with Crippen LogP contribution in [-0.4, -0.2) is 23.3 Å². The smallest absolute Gasteiger partial charge is 0.303 e. The molecule has 0 radical (unpaired) electrons. The maximum atomic E-state index is 13.3. The average molecular weight is 214 g/mol. The number of aryl methyl sites for hydroxylation is 1. The molecule has 0 amide bonds. The molecule has 15 heavy (non-hydrogen) atoms. The number of carboxylic acid groups (broad SMARTS) is 1.